The van der Waals surface area contributed by atoms with Gasteiger partial charge in [0.15, 0.2) is 0 Å². The van der Waals surface area contributed by atoms with Crippen molar-refractivity contribution < 1.29 is 14.3 Å². The predicted molar refractivity (Wildman–Crippen MR) is 76.5 cm³/mol. The molecule has 1 aromatic rings. The summed E-state index contributed by atoms with van der Waals surface area (Å²) in [5.41, 5.74) is 0.955. The van der Waals surface area contributed by atoms with E-state index in [1.54, 1.807) is 32.9 Å². The van der Waals surface area contributed by atoms with Gasteiger partial charge in [0.1, 0.15) is 0 Å². The topological polar surface area (TPSA) is 55.4 Å². The molecule has 1 atom stereocenters. The van der Waals surface area contributed by atoms with Crippen LogP contribution in [0.4, 0.5) is 0 Å². The van der Waals surface area contributed by atoms with Gasteiger partial charge in [0, 0.05) is 6.54 Å². The lowest BCUT2D eigenvalue weighted by molar-refractivity contribution is -0.146. The standard InChI is InChI=1S/C16H21NO3/c1-16(2,3)15(19)20-14(18)12-6-4-11(5-7-12)13-8-9-17-10-13/h4-7,13,17H,8-10H2,1-3H3. The minimum absolute atomic E-state index is 0.414. The average Bonchev–Trinajstić information content (AvgIpc) is 2.91. The Labute approximate surface area is 119 Å². The lowest BCUT2D eigenvalue weighted by Crippen LogP contribution is -2.25. The fraction of sp³-hybridized carbons (Fsp3) is 0.500. The first kappa shape index (κ1) is 14.7. The van der Waals surface area contributed by atoms with Crippen LogP contribution >= 0.6 is 0 Å². The number of carbonyl (C=O) groups excluding carboxylic acids is 2. The summed E-state index contributed by atoms with van der Waals surface area (Å²) in [4.78, 5) is 23.6. The van der Waals surface area contributed by atoms with Crippen LogP contribution in [-0.4, -0.2) is 25.0 Å². The molecule has 20 heavy (non-hydrogen) atoms. The molecule has 1 aliphatic rings. The molecule has 0 amide bonds. The van der Waals surface area contributed by atoms with Gasteiger partial charge in [-0.2, -0.15) is 0 Å². The normalized spacial score (nSPS) is 18.9. The van der Waals surface area contributed by atoms with Crippen molar-refractivity contribution in [2.75, 3.05) is 13.1 Å². The highest BCUT2D eigenvalue weighted by Crippen LogP contribution is 2.23. The fourth-order valence-corrected chi connectivity index (χ4v) is 2.13. The zero-order valence-electron chi connectivity index (χ0n) is 12.2. The summed E-state index contributed by atoms with van der Waals surface area (Å²) in [7, 11) is 0. The summed E-state index contributed by atoms with van der Waals surface area (Å²) in [5.74, 6) is -0.580. The molecule has 4 heteroatoms. The maximum Gasteiger partial charge on any atom is 0.345 e. The van der Waals surface area contributed by atoms with Crippen LogP contribution in [0.3, 0.4) is 0 Å². The Morgan fingerprint density at radius 2 is 1.85 bits per heavy atom. The molecule has 2 rings (SSSR count). The molecule has 0 bridgehead atoms. The first-order valence-electron chi connectivity index (χ1n) is 6.95. The van der Waals surface area contributed by atoms with Crippen LogP contribution in [-0.2, 0) is 9.53 Å². The van der Waals surface area contributed by atoms with Crippen molar-refractivity contribution in [1.29, 1.82) is 0 Å². The van der Waals surface area contributed by atoms with E-state index in [2.05, 4.69) is 5.32 Å². The second kappa shape index (κ2) is 5.75. The molecule has 0 aliphatic carbocycles. The van der Waals surface area contributed by atoms with Gasteiger partial charge in [0.2, 0.25) is 0 Å². The van der Waals surface area contributed by atoms with Crippen LogP contribution in [0, 0.1) is 5.41 Å². The lowest BCUT2D eigenvalue weighted by Gasteiger charge is -2.15. The molecule has 4 nitrogen and oxygen atoms in total. The van der Waals surface area contributed by atoms with Gasteiger partial charge in [0.05, 0.1) is 11.0 Å². The highest BCUT2D eigenvalue weighted by Gasteiger charge is 2.26. The minimum atomic E-state index is -0.675. The minimum Gasteiger partial charge on any atom is -0.389 e. The second-order valence-corrected chi connectivity index (χ2v) is 6.24. The Bertz CT molecular complexity index is 493. The monoisotopic (exact) mass is 275 g/mol. The molecule has 0 spiro atoms. The van der Waals surface area contributed by atoms with Crippen LogP contribution in [0.5, 0.6) is 0 Å². The first-order chi connectivity index (χ1) is 9.38. The molecule has 1 heterocycles. The van der Waals surface area contributed by atoms with Crippen molar-refractivity contribution in [3.8, 4) is 0 Å². The number of esters is 2. The quantitative estimate of drug-likeness (QED) is 0.665. The molecule has 0 aromatic heterocycles. The number of hydrogen-bond donors (Lipinski definition) is 1. The van der Waals surface area contributed by atoms with Gasteiger partial charge < -0.3 is 10.1 Å². The van der Waals surface area contributed by atoms with Crippen molar-refractivity contribution >= 4 is 11.9 Å². The van der Waals surface area contributed by atoms with Crippen LogP contribution < -0.4 is 5.32 Å². The van der Waals surface area contributed by atoms with E-state index in [0.29, 0.717) is 11.5 Å². The van der Waals surface area contributed by atoms with Crippen molar-refractivity contribution in [3.05, 3.63) is 35.4 Å². The Kier molecular flexibility index (Phi) is 4.23. The van der Waals surface area contributed by atoms with E-state index in [1.165, 1.54) is 5.56 Å². The maximum absolute atomic E-state index is 11.9. The number of hydrogen-bond acceptors (Lipinski definition) is 4. The summed E-state index contributed by atoms with van der Waals surface area (Å²) in [6.45, 7) is 7.18. The van der Waals surface area contributed by atoms with Crippen molar-refractivity contribution in [1.82, 2.24) is 5.32 Å². The summed E-state index contributed by atoms with van der Waals surface area (Å²) in [6, 6.07) is 7.34. The third-order valence-corrected chi connectivity index (χ3v) is 3.48. The highest BCUT2D eigenvalue weighted by atomic mass is 16.6. The number of benzene rings is 1. The van der Waals surface area contributed by atoms with Gasteiger partial charge in [-0.3, -0.25) is 4.79 Å². The highest BCUT2D eigenvalue weighted by molar-refractivity contribution is 5.98. The van der Waals surface area contributed by atoms with Gasteiger partial charge in [-0.05, 0) is 57.4 Å². The van der Waals surface area contributed by atoms with Gasteiger partial charge >= 0.3 is 11.9 Å². The zero-order chi connectivity index (χ0) is 14.8. The van der Waals surface area contributed by atoms with E-state index in [9.17, 15) is 9.59 Å². The first-order valence-corrected chi connectivity index (χ1v) is 6.95. The average molecular weight is 275 g/mol. The van der Waals surface area contributed by atoms with E-state index < -0.39 is 17.4 Å². The smallest absolute Gasteiger partial charge is 0.345 e. The summed E-state index contributed by atoms with van der Waals surface area (Å²) < 4.78 is 4.88. The number of carbonyl (C=O) groups is 2. The van der Waals surface area contributed by atoms with Crippen molar-refractivity contribution in [3.63, 3.8) is 0 Å². The maximum atomic E-state index is 11.9. The molecule has 1 N–H and O–H groups in total. The van der Waals surface area contributed by atoms with Gasteiger partial charge in [-0.15, -0.1) is 0 Å². The van der Waals surface area contributed by atoms with Crippen molar-refractivity contribution in [2.24, 2.45) is 5.41 Å². The fourth-order valence-electron chi connectivity index (χ4n) is 2.13. The molecular weight excluding hydrogens is 254 g/mol. The van der Waals surface area contributed by atoms with E-state index in [1.807, 2.05) is 12.1 Å². The molecule has 1 saturated heterocycles. The summed E-state index contributed by atoms with van der Waals surface area (Å²) >= 11 is 0. The Morgan fingerprint density at radius 1 is 1.20 bits per heavy atom. The van der Waals surface area contributed by atoms with Gasteiger partial charge in [-0.25, -0.2) is 4.79 Å². The number of rotatable bonds is 2. The number of nitrogens with one attached hydrogen (secondary N) is 1. The molecule has 108 valence electrons. The predicted octanol–water partition coefficient (Wildman–Crippen LogP) is 2.49. The van der Waals surface area contributed by atoms with Crippen LogP contribution in [0.15, 0.2) is 24.3 Å². The zero-order valence-corrected chi connectivity index (χ0v) is 12.2. The van der Waals surface area contributed by atoms with E-state index in [-0.39, 0.29) is 0 Å². The largest absolute Gasteiger partial charge is 0.389 e. The Hall–Kier alpha value is -1.68. The number of ether oxygens (including phenoxy) is 1. The molecule has 1 aromatic carbocycles. The molecule has 0 saturated carbocycles. The second-order valence-electron chi connectivity index (χ2n) is 6.24. The molecular formula is C16H21NO3. The van der Waals surface area contributed by atoms with Crippen molar-refractivity contribution in [2.45, 2.75) is 33.1 Å². The van der Waals surface area contributed by atoms with Crippen LogP contribution in [0.1, 0.15) is 49.0 Å². The SMILES string of the molecule is CC(C)(C)C(=O)OC(=O)c1ccc(C2CCNC2)cc1. The lowest BCUT2D eigenvalue weighted by atomic mass is 9.97. The van der Waals surface area contributed by atoms with Gasteiger partial charge in [-0.1, -0.05) is 12.1 Å². The van der Waals surface area contributed by atoms with Gasteiger partial charge in [0.25, 0.3) is 0 Å². The van der Waals surface area contributed by atoms with E-state index in [4.69, 9.17) is 4.74 Å². The van der Waals surface area contributed by atoms with Crippen LogP contribution in [0.2, 0.25) is 0 Å². The summed E-state index contributed by atoms with van der Waals surface area (Å²) in [5, 5.41) is 3.31. The molecule has 1 fully saturated rings. The third kappa shape index (κ3) is 3.45. The van der Waals surface area contributed by atoms with E-state index >= 15 is 0 Å². The van der Waals surface area contributed by atoms with E-state index in [0.717, 1.165) is 19.5 Å². The van der Waals surface area contributed by atoms with Crippen LogP contribution in [0.25, 0.3) is 0 Å². The molecule has 1 aliphatic heterocycles. The summed E-state index contributed by atoms with van der Waals surface area (Å²) in [6.07, 6.45) is 1.12. The Balaban J connectivity index is 2.02. The third-order valence-electron chi connectivity index (χ3n) is 3.48. The molecule has 1 unspecified atom stereocenters. The molecule has 0 radical (unpaired) electrons. The Morgan fingerprint density at radius 3 is 2.35 bits per heavy atom.